The third-order valence-electron chi connectivity index (χ3n) is 5.05. The van der Waals surface area contributed by atoms with Gasteiger partial charge in [-0.1, -0.05) is 6.42 Å². The average Bonchev–Trinajstić information content (AvgIpc) is 2.79. The fourth-order valence-corrected chi connectivity index (χ4v) is 3.94. The van der Waals surface area contributed by atoms with Crippen LogP contribution in [0.3, 0.4) is 0 Å². The van der Waals surface area contributed by atoms with Gasteiger partial charge in [-0.05, 0) is 67.1 Å². The van der Waals surface area contributed by atoms with Crippen molar-refractivity contribution in [1.82, 2.24) is 20.0 Å². The number of rotatable bonds is 6. The molecule has 0 radical (unpaired) electrons. The Balaban J connectivity index is 2.20. The fraction of sp³-hybridized carbons (Fsp3) is 0.824. The molecule has 2 heterocycles. The van der Waals surface area contributed by atoms with Crippen molar-refractivity contribution in [3.8, 4) is 0 Å². The maximum absolute atomic E-state index is 4.71. The lowest BCUT2D eigenvalue weighted by Gasteiger charge is -2.40. The molecule has 1 aromatic heterocycles. The normalized spacial score (nSPS) is 21.7. The number of nitrogens with one attached hydrogen (secondary N) is 1. The number of hydrogen-bond acceptors (Lipinski definition) is 3. The summed E-state index contributed by atoms with van der Waals surface area (Å²) in [6.45, 7) is 12.2. The van der Waals surface area contributed by atoms with E-state index in [4.69, 9.17) is 5.10 Å². The molecule has 2 rings (SSSR count). The zero-order chi connectivity index (χ0) is 15.4. The quantitative estimate of drug-likeness (QED) is 0.875. The van der Waals surface area contributed by atoms with Crippen LogP contribution in [0.4, 0.5) is 0 Å². The molecule has 0 bridgehead atoms. The summed E-state index contributed by atoms with van der Waals surface area (Å²) in [7, 11) is 2.05. The summed E-state index contributed by atoms with van der Waals surface area (Å²) >= 11 is 0. The van der Waals surface area contributed by atoms with Gasteiger partial charge in [0, 0.05) is 29.9 Å². The van der Waals surface area contributed by atoms with Crippen LogP contribution in [-0.2, 0) is 6.54 Å². The van der Waals surface area contributed by atoms with Gasteiger partial charge in [0.2, 0.25) is 0 Å². The molecule has 0 spiro atoms. The highest BCUT2D eigenvalue weighted by molar-refractivity contribution is 5.28. The molecule has 2 atom stereocenters. The molecule has 0 amide bonds. The Bertz CT molecular complexity index is 452. The summed E-state index contributed by atoms with van der Waals surface area (Å²) < 4.78 is 2.15. The van der Waals surface area contributed by atoms with Crippen molar-refractivity contribution in [2.24, 2.45) is 0 Å². The first-order chi connectivity index (χ1) is 10.1. The third kappa shape index (κ3) is 3.49. The number of likely N-dealkylation sites (tertiary alicyclic amines) is 1. The first-order valence-corrected chi connectivity index (χ1v) is 8.54. The molecule has 2 unspecified atom stereocenters. The minimum Gasteiger partial charge on any atom is -0.320 e. The Morgan fingerprint density at radius 1 is 1.33 bits per heavy atom. The summed E-state index contributed by atoms with van der Waals surface area (Å²) in [5.41, 5.74) is 4.01. The molecule has 0 aromatic carbocycles. The lowest BCUT2D eigenvalue weighted by molar-refractivity contribution is 0.0965. The summed E-state index contributed by atoms with van der Waals surface area (Å²) in [5.74, 6) is 0. The van der Waals surface area contributed by atoms with Crippen LogP contribution < -0.4 is 5.32 Å². The Morgan fingerprint density at radius 2 is 2.10 bits per heavy atom. The highest BCUT2D eigenvalue weighted by atomic mass is 15.3. The maximum Gasteiger partial charge on any atom is 0.0644 e. The molecule has 1 saturated heterocycles. The number of nitrogens with zero attached hydrogens (tertiary/aromatic N) is 3. The zero-order valence-corrected chi connectivity index (χ0v) is 14.4. The Labute approximate surface area is 129 Å². The van der Waals surface area contributed by atoms with E-state index >= 15 is 0 Å². The highest BCUT2D eigenvalue weighted by Gasteiger charge is 2.29. The molecule has 1 aromatic rings. The van der Waals surface area contributed by atoms with Crippen LogP contribution >= 0.6 is 0 Å². The first-order valence-electron chi connectivity index (χ1n) is 8.54. The summed E-state index contributed by atoms with van der Waals surface area (Å²) in [6, 6.07) is 1.19. The lowest BCUT2D eigenvalue weighted by Crippen LogP contribution is -2.42. The van der Waals surface area contributed by atoms with E-state index in [1.54, 1.807) is 0 Å². The molecular weight excluding hydrogens is 260 g/mol. The molecular formula is C17H32N4. The van der Waals surface area contributed by atoms with Crippen molar-refractivity contribution in [3.63, 3.8) is 0 Å². The van der Waals surface area contributed by atoms with Crippen molar-refractivity contribution in [1.29, 1.82) is 0 Å². The van der Waals surface area contributed by atoms with Gasteiger partial charge in [0.25, 0.3) is 0 Å². The Hall–Kier alpha value is -0.870. The predicted octanol–water partition coefficient (Wildman–Crippen LogP) is 3.04. The van der Waals surface area contributed by atoms with E-state index in [0.29, 0.717) is 12.1 Å². The minimum atomic E-state index is 0.479. The van der Waals surface area contributed by atoms with Gasteiger partial charge < -0.3 is 5.32 Å². The fourth-order valence-electron chi connectivity index (χ4n) is 3.94. The third-order valence-corrected chi connectivity index (χ3v) is 5.05. The van der Waals surface area contributed by atoms with Crippen molar-refractivity contribution < 1.29 is 0 Å². The molecule has 1 aliphatic rings. The number of aromatic nitrogens is 2. The number of piperidine rings is 1. The standard InChI is InChI=1S/C17H32N4/c1-6-21-15(4)17(13(2)19-21)14(3)20-12-8-7-9-16(20)10-11-18-5/h14,16,18H,6-12H2,1-5H3. The van der Waals surface area contributed by atoms with Crippen molar-refractivity contribution >= 4 is 0 Å². The van der Waals surface area contributed by atoms with Gasteiger partial charge in [-0.15, -0.1) is 0 Å². The van der Waals surface area contributed by atoms with Crippen LogP contribution in [0.25, 0.3) is 0 Å². The topological polar surface area (TPSA) is 33.1 Å². The molecule has 21 heavy (non-hydrogen) atoms. The molecule has 120 valence electrons. The number of aryl methyl sites for hydroxylation is 2. The van der Waals surface area contributed by atoms with Crippen LogP contribution in [0.2, 0.25) is 0 Å². The van der Waals surface area contributed by atoms with Gasteiger partial charge in [0.15, 0.2) is 0 Å². The lowest BCUT2D eigenvalue weighted by atomic mass is 9.94. The van der Waals surface area contributed by atoms with E-state index < -0.39 is 0 Å². The summed E-state index contributed by atoms with van der Waals surface area (Å²) in [5, 5.41) is 8.02. The SMILES string of the molecule is CCn1nc(C)c(C(C)N2CCCCC2CCNC)c1C. The van der Waals surface area contributed by atoms with Crippen LogP contribution in [0.1, 0.15) is 62.5 Å². The highest BCUT2D eigenvalue weighted by Crippen LogP contribution is 2.32. The van der Waals surface area contributed by atoms with Crippen molar-refractivity contribution in [2.75, 3.05) is 20.1 Å². The van der Waals surface area contributed by atoms with Crippen LogP contribution in [0, 0.1) is 13.8 Å². The van der Waals surface area contributed by atoms with E-state index in [2.05, 4.69) is 49.6 Å². The predicted molar refractivity (Wildman–Crippen MR) is 88.7 cm³/mol. The second-order valence-electron chi connectivity index (χ2n) is 6.36. The maximum atomic E-state index is 4.71. The largest absolute Gasteiger partial charge is 0.320 e. The van der Waals surface area contributed by atoms with Gasteiger partial charge in [-0.3, -0.25) is 9.58 Å². The van der Waals surface area contributed by atoms with Gasteiger partial charge in [-0.2, -0.15) is 5.10 Å². The van der Waals surface area contributed by atoms with E-state index in [0.717, 1.165) is 13.1 Å². The van der Waals surface area contributed by atoms with Gasteiger partial charge in [0.05, 0.1) is 5.69 Å². The van der Waals surface area contributed by atoms with E-state index in [1.165, 1.54) is 49.2 Å². The number of hydrogen-bond donors (Lipinski definition) is 1. The second-order valence-corrected chi connectivity index (χ2v) is 6.36. The summed E-state index contributed by atoms with van der Waals surface area (Å²) in [4.78, 5) is 2.72. The monoisotopic (exact) mass is 292 g/mol. The molecule has 1 fully saturated rings. The van der Waals surface area contributed by atoms with Crippen LogP contribution in [0.15, 0.2) is 0 Å². The van der Waals surface area contributed by atoms with Crippen LogP contribution in [0.5, 0.6) is 0 Å². The minimum absolute atomic E-state index is 0.479. The van der Waals surface area contributed by atoms with E-state index in [9.17, 15) is 0 Å². The molecule has 4 nitrogen and oxygen atoms in total. The molecule has 1 aliphatic heterocycles. The molecule has 0 saturated carbocycles. The van der Waals surface area contributed by atoms with Gasteiger partial charge >= 0.3 is 0 Å². The smallest absolute Gasteiger partial charge is 0.0644 e. The van der Waals surface area contributed by atoms with Crippen molar-refractivity contribution in [3.05, 3.63) is 17.0 Å². The van der Waals surface area contributed by atoms with E-state index in [1.807, 2.05) is 0 Å². The van der Waals surface area contributed by atoms with Gasteiger partial charge in [-0.25, -0.2) is 0 Å². The first kappa shape index (κ1) is 16.5. The Morgan fingerprint density at radius 3 is 2.71 bits per heavy atom. The van der Waals surface area contributed by atoms with Crippen molar-refractivity contribution in [2.45, 2.75) is 72.0 Å². The van der Waals surface area contributed by atoms with E-state index in [-0.39, 0.29) is 0 Å². The van der Waals surface area contributed by atoms with Gasteiger partial charge in [0.1, 0.15) is 0 Å². The molecule has 4 heteroatoms. The Kier molecular flexibility index (Phi) is 5.82. The zero-order valence-electron chi connectivity index (χ0n) is 14.4. The molecule has 1 N–H and O–H groups in total. The molecule has 0 aliphatic carbocycles. The van der Waals surface area contributed by atoms with Crippen LogP contribution in [-0.4, -0.2) is 40.9 Å². The summed E-state index contributed by atoms with van der Waals surface area (Å²) in [6.07, 6.45) is 5.30. The second kappa shape index (κ2) is 7.41. The average molecular weight is 292 g/mol.